The van der Waals surface area contributed by atoms with E-state index in [1.165, 1.54) is 27.7 Å². The van der Waals surface area contributed by atoms with E-state index in [1.54, 1.807) is 0 Å². The van der Waals surface area contributed by atoms with Crippen LogP contribution in [0.2, 0.25) is 0 Å². The quantitative estimate of drug-likeness (QED) is 0.136. The van der Waals surface area contributed by atoms with E-state index in [4.69, 9.17) is 33.2 Å². The van der Waals surface area contributed by atoms with Crippen molar-refractivity contribution in [3.63, 3.8) is 0 Å². The molecule has 4 aliphatic heterocycles. The van der Waals surface area contributed by atoms with Gasteiger partial charge in [0.05, 0.1) is 24.4 Å². The molecule has 0 unspecified atom stereocenters. The number of rotatable bonds is 6. The average molecular weight is 603 g/mol. The Labute approximate surface area is 235 Å². The molecule has 0 spiro atoms. The molecule has 10 N–H and O–H groups in total. The summed E-state index contributed by atoms with van der Waals surface area (Å²) in [6, 6.07) is 0. The zero-order chi connectivity index (χ0) is 30.5. The SMILES string of the molecule is C[C@@H]1O[C@@H](O[C@H]2[C@H](O[C@@H]3[C@@H](O)[C@H](O)[C@@H](C)O[C@H]3O)O[C@H](C)[C@@H](O)[C@@H]2O)[C@H](O)[C@H](O)[C@H]1O[C@@H]1O[C@H](C)[C@@H](O)[C@H](O)[C@H]1O. The van der Waals surface area contributed by atoms with Crippen molar-refractivity contribution >= 4 is 0 Å². The second-order valence-corrected chi connectivity index (χ2v) is 11.1. The van der Waals surface area contributed by atoms with Crippen molar-refractivity contribution < 1.29 is 84.2 Å². The summed E-state index contributed by atoms with van der Waals surface area (Å²) in [4.78, 5) is 0. The maximum absolute atomic E-state index is 10.8. The van der Waals surface area contributed by atoms with Crippen molar-refractivity contribution in [2.24, 2.45) is 0 Å². The zero-order valence-electron chi connectivity index (χ0n) is 22.9. The van der Waals surface area contributed by atoms with Gasteiger partial charge in [0.15, 0.2) is 25.2 Å². The van der Waals surface area contributed by atoms with Crippen molar-refractivity contribution in [3.05, 3.63) is 0 Å². The largest absolute Gasteiger partial charge is 0.388 e. The molecule has 0 saturated carbocycles. The van der Waals surface area contributed by atoms with E-state index >= 15 is 0 Å². The molecule has 4 fully saturated rings. The molecule has 4 aliphatic rings. The summed E-state index contributed by atoms with van der Waals surface area (Å²) in [7, 11) is 0. The summed E-state index contributed by atoms with van der Waals surface area (Å²) < 4.78 is 38.9. The average Bonchev–Trinajstić information content (AvgIpc) is 2.92. The first-order chi connectivity index (χ1) is 19.1. The van der Waals surface area contributed by atoms with Crippen molar-refractivity contribution in [2.75, 3.05) is 0 Å². The summed E-state index contributed by atoms with van der Waals surface area (Å²) in [5, 5.41) is 104. The molecular weight excluding hydrogens is 560 g/mol. The zero-order valence-corrected chi connectivity index (χ0v) is 22.9. The number of ether oxygens (including phenoxy) is 7. The summed E-state index contributed by atoms with van der Waals surface area (Å²) in [6.45, 7) is 5.72. The van der Waals surface area contributed by atoms with Crippen LogP contribution in [0.4, 0.5) is 0 Å². The van der Waals surface area contributed by atoms with E-state index in [1.807, 2.05) is 0 Å². The van der Waals surface area contributed by atoms with Crippen LogP contribution in [-0.4, -0.2) is 174 Å². The molecule has 0 amide bonds. The molecule has 41 heavy (non-hydrogen) atoms. The van der Waals surface area contributed by atoms with Gasteiger partial charge in [-0.2, -0.15) is 0 Å². The first-order valence-corrected chi connectivity index (χ1v) is 13.5. The van der Waals surface area contributed by atoms with Crippen molar-refractivity contribution in [2.45, 2.75) is 151 Å². The number of aliphatic hydroxyl groups excluding tert-OH is 10. The Kier molecular flexibility index (Phi) is 10.6. The molecule has 17 heteroatoms. The molecule has 17 nitrogen and oxygen atoms in total. The van der Waals surface area contributed by atoms with Crippen LogP contribution in [0.5, 0.6) is 0 Å². The highest BCUT2D eigenvalue weighted by Gasteiger charge is 2.54. The lowest BCUT2D eigenvalue weighted by molar-refractivity contribution is -0.393. The van der Waals surface area contributed by atoms with Gasteiger partial charge < -0.3 is 84.2 Å². The van der Waals surface area contributed by atoms with Gasteiger partial charge in [0.25, 0.3) is 0 Å². The third-order valence-electron chi connectivity index (χ3n) is 8.05. The Balaban J connectivity index is 1.46. The fourth-order valence-corrected chi connectivity index (χ4v) is 5.32. The normalized spacial score (nSPS) is 56.9. The van der Waals surface area contributed by atoms with Crippen molar-refractivity contribution in [1.29, 1.82) is 0 Å². The molecule has 0 aromatic rings. The second kappa shape index (κ2) is 13.1. The summed E-state index contributed by atoms with van der Waals surface area (Å²) in [5.41, 5.74) is 0. The van der Waals surface area contributed by atoms with E-state index in [-0.39, 0.29) is 0 Å². The Hall–Kier alpha value is -0.680. The lowest BCUT2D eigenvalue weighted by Crippen LogP contribution is -2.66. The van der Waals surface area contributed by atoms with Gasteiger partial charge in [-0.05, 0) is 27.7 Å². The predicted molar refractivity (Wildman–Crippen MR) is 128 cm³/mol. The molecule has 0 bridgehead atoms. The molecule has 240 valence electrons. The molecule has 20 atom stereocenters. The van der Waals surface area contributed by atoms with E-state index < -0.39 is 123 Å². The summed E-state index contributed by atoms with van der Waals surface area (Å²) >= 11 is 0. The molecule has 0 aromatic heterocycles. The van der Waals surface area contributed by atoms with E-state index in [0.29, 0.717) is 0 Å². The molecule has 0 aromatic carbocycles. The molecular formula is C24H42O17. The lowest BCUT2D eigenvalue weighted by atomic mass is 9.96. The van der Waals surface area contributed by atoms with Gasteiger partial charge in [-0.25, -0.2) is 0 Å². The topological polar surface area (TPSA) is 267 Å². The van der Waals surface area contributed by atoms with Crippen LogP contribution in [0.1, 0.15) is 27.7 Å². The van der Waals surface area contributed by atoms with Crippen LogP contribution >= 0.6 is 0 Å². The number of hydrogen-bond acceptors (Lipinski definition) is 17. The van der Waals surface area contributed by atoms with Crippen LogP contribution in [0, 0.1) is 0 Å². The molecule has 0 radical (unpaired) electrons. The molecule has 4 rings (SSSR count). The summed E-state index contributed by atoms with van der Waals surface area (Å²) in [5.74, 6) is 0. The van der Waals surface area contributed by atoms with Crippen molar-refractivity contribution in [1.82, 2.24) is 0 Å². The molecule has 4 saturated heterocycles. The smallest absolute Gasteiger partial charge is 0.187 e. The van der Waals surface area contributed by atoms with Gasteiger partial charge in [-0.3, -0.25) is 0 Å². The monoisotopic (exact) mass is 602 g/mol. The maximum atomic E-state index is 10.8. The first-order valence-electron chi connectivity index (χ1n) is 13.5. The highest BCUT2D eigenvalue weighted by molar-refractivity contribution is 4.96. The van der Waals surface area contributed by atoms with E-state index in [2.05, 4.69) is 0 Å². The lowest BCUT2D eigenvalue weighted by Gasteiger charge is -2.48. The highest BCUT2D eigenvalue weighted by atomic mass is 16.8. The minimum absolute atomic E-state index is 0.925. The van der Waals surface area contributed by atoms with Crippen LogP contribution in [0.3, 0.4) is 0 Å². The minimum Gasteiger partial charge on any atom is -0.388 e. The fraction of sp³-hybridized carbons (Fsp3) is 1.00. The fourth-order valence-electron chi connectivity index (χ4n) is 5.32. The predicted octanol–water partition coefficient (Wildman–Crippen LogP) is -5.64. The minimum atomic E-state index is -1.84. The Morgan fingerprint density at radius 3 is 1.29 bits per heavy atom. The Morgan fingerprint density at radius 2 is 0.707 bits per heavy atom. The van der Waals surface area contributed by atoms with Crippen LogP contribution < -0.4 is 0 Å². The maximum Gasteiger partial charge on any atom is 0.187 e. The third-order valence-corrected chi connectivity index (χ3v) is 8.05. The van der Waals surface area contributed by atoms with Crippen LogP contribution in [-0.2, 0) is 33.2 Å². The van der Waals surface area contributed by atoms with Crippen molar-refractivity contribution in [3.8, 4) is 0 Å². The van der Waals surface area contributed by atoms with Crippen LogP contribution in [0.25, 0.3) is 0 Å². The summed E-state index contributed by atoms with van der Waals surface area (Å²) in [6.07, 6.45) is -29.4. The van der Waals surface area contributed by atoms with Crippen LogP contribution in [0.15, 0.2) is 0 Å². The van der Waals surface area contributed by atoms with Gasteiger partial charge in [-0.1, -0.05) is 0 Å². The molecule has 0 aliphatic carbocycles. The highest BCUT2D eigenvalue weighted by Crippen LogP contribution is 2.34. The number of aliphatic hydroxyl groups is 10. The van der Waals surface area contributed by atoms with Gasteiger partial charge in [0, 0.05) is 0 Å². The Bertz CT molecular complexity index is 853. The standard InChI is InChI=1S/C24H42O17/c1-5-10(26)13(29)19(21(34)35-5)40-24-20(14(30)11(27)7(3)37-24)41-23-17(33)15(31)18(8(4)38-23)39-22-16(32)12(28)9(25)6(2)36-22/h5-34H,1-4H3/t5-,6-,7-,8+,9-,10-,11-,12+,13+,14+,15+,16-,17-,18+,19-,20-,21-,22+,23+,24+/m1/s1. The molecule has 4 heterocycles. The number of hydrogen-bond donors (Lipinski definition) is 10. The van der Waals surface area contributed by atoms with Gasteiger partial charge in [0.1, 0.15) is 73.2 Å². The van der Waals surface area contributed by atoms with E-state index in [0.717, 1.165) is 0 Å². The van der Waals surface area contributed by atoms with Gasteiger partial charge >= 0.3 is 0 Å². The van der Waals surface area contributed by atoms with Gasteiger partial charge in [0.2, 0.25) is 0 Å². The van der Waals surface area contributed by atoms with E-state index in [9.17, 15) is 51.1 Å². The van der Waals surface area contributed by atoms with Gasteiger partial charge in [-0.15, -0.1) is 0 Å². The second-order valence-electron chi connectivity index (χ2n) is 11.1. The third kappa shape index (κ3) is 6.57. The first kappa shape index (κ1) is 33.2. The Morgan fingerprint density at radius 1 is 0.341 bits per heavy atom.